The van der Waals surface area contributed by atoms with Gasteiger partial charge in [-0.2, -0.15) is 0 Å². The average molecular weight is 383 g/mol. The minimum atomic E-state index is -2.19. The van der Waals surface area contributed by atoms with E-state index in [-0.39, 0.29) is 33.1 Å². The van der Waals surface area contributed by atoms with Gasteiger partial charge in [0.15, 0.2) is 0 Å². The van der Waals surface area contributed by atoms with E-state index in [0.29, 0.717) is 6.42 Å². The molecule has 0 aromatic rings. The second-order valence-corrected chi connectivity index (χ2v) is 2.61. The molecule has 0 fully saturated rings. The average Bonchev–Trinajstić information content (AvgIpc) is 1.84. The first kappa shape index (κ1) is 19.2. The molecule has 0 aromatic heterocycles. The van der Waals surface area contributed by atoms with Crippen molar-refractivity contribution in [3.63, 3.8) is 0 Å². The number of carbonyl (C=O) groups excluding carboxylic acids is 2. The molecule has 0 aliphatic heterocycles. The summed E-state index contributed by atoms with van der Waals surface area (Å²) in [6.07, 6.45) is 0.694. The van der Waals surface area contributed by atoms with Crippen LogP contribution in [0.2, 0.25) is 0 Å². The minimum Gasteiger partial charge on any atom is -0.675 e. The maximum absolute atomic E-state index is 8.93. The summed E-state index contributed by atoms with van der Waals surface area (Å²) in [6, 6.07) is -0.125. The number of carbonyl (C=O) groups is 2. The van der Waals surface area contributed by atoms with Gasteiger partial charge in [-0.15, -0.1) is 12.1 Å². The summed E-state index contributed by atoms with van der Waals surface area (Å²) in [4.78, 5) is 17.9. The molecule has 0 amide bonds. The third-order valence-corrected chi connectivity index (χ3v) is 0.874. The molecular formula is C7H12N2O4Pt. The van der Waals surface area contributed by atoms with Crippen molar-refractivity contribution in [2.24, 2.45) is 0 Å². The summed E-state index contributed by atoms with van der Waals surface area (Å²) in [7, 11) is 0. The van der Waals surface area contributed by atoms with E-state index in [1.54, 1.807) is 0 Å². The molecule has 0 heterocycles. The number of hydrogen-bond donors (Lipinski definition) is 0. The van der Waals surface area contributed by atoms with E-state index in [2.05, 4.69) is 0 Å². The topological polar surface area (TPSA) is 128 Å². The van der Waals surface area contributed by atoms with E-state index < -0.39 is 11.9 Å². The molecule has 0 aliphatic rings. The normalized spacial score (nSPS) is 12.6. The molecule has 84 valence electrons. The fraction of sp³-hybridized carbons (Fsp3) is 0.714. The summed E-state index contributed by atoms with van der Waals surface area (Å²) in [5.74, 6) is -4.37. The first-order chi connectivity index (χ1) is 5.77. The fourth-order valence-electron chi connectivity index (χ4n) is 0.530. The van der Waals surface area contributed by atoms with Crippen LogP contribution in [0.5, 0.6) is 0 Å². The largest absolute Gasteiger partial charge is 4.00 e. The summed E-state index contributed by atoms with van der Waals surface area (Å²) >= 11 is 0. The van der Waals surface area contributed by atoms with E-state index in [0.717, 1.165) is 0 Å². The Morgan fingerprint density at radius 1 is 1.07 bits per heavy atom. The van der Waals surface area contributed by atoms with Crippen LogP contribution in [0, 0.1) is 0 Å². The first-order valence-corrected chi connectivity index (χ1v) is 3.62. The second-order valence-electron chi connectivity index (χ2n) is 2.61. The fourth-order valence-corrected chi connectivity index (χ4v) is 0.530. The van der Waals surface area contributed by atoms with Gasteiger partial charge in [-0.3, -0.25) is 0 Å². The summed E-state index contributed by atoms with van der Waals surface area (Å²) < 4.78 is 0. The smallest absolute Gasteiger partial charge is 0.675 e. The molecule has 0 radical (unpaired) electrons. The molecule has 0 saturated carbocycles. The van der Waals surface area contributed by atoms with Crippen LogP contribution in [-0.4, -0.2) is 24.0 Å². The number of nitrogens with one attached hydrogen (secondary N) is 2. The molecule has 6 nitrogen and oxygen atoms in total. The van der Waals surface area contributed by atoms with Crippen LogP contribution >= 0.6 is 0 Å². The van der Waals surface area contributed by atoms with Gasteiger partial charge < -0.3 is 31.3 Å². The Morgan fingerprint density at radius 3 is 1.29 bits per heavy atom. The summed E-state index contributed by atoms with van der Waals surface area (Å²) in [5, 5.41) is 17.9. The second kappa shape index (κ2) is 10.6. The van der Waals surface area contributed by atoms with Crippen molar-refractivity contribution in [1.29, 1.82) is 0 Å². The maximum Gasteiger partial charge on any atom is 4.00 e. The van der Waals surface area contributed by atoms with Crippen molar-refractivity contribution >= 4 is 11.9 Å². The molecular weight excluding hydrogens is 371 g/mol. The van der Waals surface area contributed by atoms with Crippen LogP contribution in [0.25, 0.3) is 11.5 Å². The van der Waals surface area contributed by atoms with Gasteiger partial charge in [-0.05, 0) is 0 Å². The SMILES string of the molecule is CC([NH-])CC(C)[NH-].O=C([O-])C(=O)[O-].[Pt+4]. The van der Waals surface area contributed by atoms with Gasteiger partial charge >= 0.3 is 21.1 Å². The van der Waals surface area contributed by atoms with Gasteiger partial charge in [-0.25, -0.2) is 0 Å². The number of carboxylic acids is 2. The Hall–Kier alpha value is -0.452. The van der Waals surface area contributed by atoms with Gasteiger partial charge in [0.2, 0.25) is 0 Å². The van der Waals surface area contributed by atoms with Crippen LogP contribution in [-0.2, 0) is 30.7 Å². The Kier molecular flexibility index (Phi) is 14.6. The molecule has 0 saturated heterocycles. The molecule has 0 aliphatic carbocycles. The number of aliphatic carboxylic acids is 2. The zero-order valence-electron chi connectivity index (χ0n) is 7.81. The monoisotopic (exact) mass is 383 g/mol. The van der Waals surface area contributed by atoms with Crippen LogP contribution in [0.4, 0.5) is 0 Å². The molecule has 0 spiro atoms. The van der Waals surface area contributed by atoms with Gasteiger partial charge in [-0.1, -0.05) is 20.3 Å². The number of hydrogen-bond acceptors (Lipinski definition) is 4. The van der Waals surface area contributed by atoms with Crippen molar-refractivity contribution < 1.29 is 40.9 Å². The number of carboxylic acid groups (broad SMARTS) is 2. The van der Waals surface area contributed by atoms with Crippen LogP contribution in [0.3, 0.4) is 0 Å². The minimum absolute atomic E-state index is 0. The predicted octanol–water partition coefficient (Wildman–Crippen LogP) is -1.26. The van der Waals surface area contributed by atoms with E-state index >= 15 is 0 Å². The molecule has 2 atom stereocenters. The molecule has 0 aromatic carbocycles. The maximum atomic E-state index is 8.93. The predicted molar refractivity (Wildman–Crippen MR) is 42.2 cm³/mol. The Labute approximate surface area is 96.9 Å². The zero-order valence-corrected chi connectivity index (χ0v) is 10.1. The third-order valence-electron chi connectivity index (χ3n) is 0.874. The molecule has 2 N–H and O–H groups in total. The van der Waals surface area contributed by atoms with Gasteiger partial charge in [0.1, 0.15) is 0 Å². The summed E-state index contributed by atoms with van der Waals surface area (Å²) in [6.45, 7) is 3.62. The quantitative estimate of drug-likeness (QED) is 0.552. The van der Waals surface area contributed by atoms with E-state index in [1.807, 2.05) is 13.8 Å². The van der Waals surface area contributed by atoms with Gasteiger partial charge in [0.25, 0.3) is 0 Å². The third kappa shape index (κ3) is 22.6. The molecule has 2 unspecified atom stereocenters. The van der Waals surface area contributed by atoms with Crippen molar-refractivity contribution in [1.82, 2.24) is 0 Å². The molecule has 0 bridgehead atoms. The molecule has 0 rings (SSSR count). The van der Waals surface area contributed by atoms with E-state index in [1.165, 1.54) is 0 Å². The molecule has 14 heavy (non-hydrogen) atoms. The number of rotatable bonds is 2. The Morgan fingerprint density at radius 2 is 1.29 bits per heavy atom. The molecule has 7 heteroatoms. The van der Waals surface area contributed by atoms with Crippen molar-refractivity contribution in [2.45, 2.75) is 32.4 Å². The van der Waals surface area contributed by atoms with Crippen LogP contribution in [0.1, 0.15) is 20.3 Å². The standard InChI is InChI=1S/C5H12N2.C2H2O4.Pt/c1-4(6)3-5(2)7;3-1(4)2(5)6;/h4-7H,3H2,1-2H3;(H,3,4)(H,5,6);/q-2;;+4/p-2. The van der Waals surface area contributed by atoms with Crippen LogP contribution < -0.4 is 10.2 Å². The van der Waals surface area contributed by atoms with Gasteiger partial charge in [0.05, 0.1) is 11.9 Å². The van der Waals surface area contributed by atoms with E-state index in [9.17, 15) is 0 Å². The Bertz CT molecular complexity index is 155. The van der Waals surface area contributed by atoms with Crippen LogP contribution in [0.15, 0.2) is 0 Å². The van der Waals surface area contributed by atoms with Crippen molar-refractivity contribution in [3.05, 3.63) is 11.5 Å². The van der Waals surface area contributed by atoms with Crippen molar-refractivity contribution in [3.8, 4) is 0 Å². The zero-order chi connectivity index (χ0) is 11.0. The first-order valence-electron chi connectivity index (χ1n) is 3.62. The van der Waals surface area contributed by atoms with E-state index in [4.69, 9.17) is 31.3 Å². The van der Waals surface area contributed by atoms with Crippen molar-refractivity contribution in [2.75, 3.05) is 0 Å². The van der Waals surface area contributed by atoms with Gasteiger partial charge in [0, 0.05) is 0 Å². The Balaban J connectivity index is -0.000000163. The summed E-state index contributed by atoms with van der Waals surface area (Å²) in [5.41, 5.74) is 14.0.